The fourth-order valence-electron chi connectivity index (χ4n) is 1.85. The Morgan fingerprint density at radius 2 is 1.86 bits per heavy atom. The van der Waals surface area contributed by atoms with Crippen molar-refractivity contribution in [2.45, 2.75) is 20.3 Å². The molecular weight excluding hydrogens is 272 g/mol. The Labute approximate surface area is 123 Å². The van der Waals surface area contributed by atoms with E-state index in [1.807, 2.05) is 13.8 Å². The predicted octanol–water partition coefficient (Wildman–Crippen LogP) is 1.56. The average Bonchev–Trinajstić information content (AvgIpc) is 2.45. The topological polar surface area (TPSA) is 76.7 Å². The SMILES string of the molecule is CC(C)CNC(=O)CC(=O)Nc1ccc2c(c1)OCCO2. The molecule has 2 rings (SSSR count). The van der Waals surface area contributed by atoms with Gasteiger partial charge in [0.1, 0.15) is 19.6 Å². The predicted molar refractivity (Wildman–Crippen MR) is 78.5 cm³/mol. The smallest absolute Gasteiger partial charge is 0.233 e. The lowest BCUT2D eigenvalue weighted by molar-refractivity contribution is -0.126. The monoisotopic (exact) mass is 292 g/mol. The lowest BCUT2D eigenvalue weighted by atomic mass is 10.2. The van der Waals surface area contributed by atoms with Gasteiger partial charge in [-0.15, -0.1) is 0 Å². The number of nitrogens with one attached hydrogen (secondary N) is 2. The molecule has 0 fully saturated rings. The highest BCUT2D eigenvalue weighted by Crippen LogP contribution is 2.32. The molecule has 6 nitrogen and oxygen atoms in total. The Kier molecular flexibility index (Phi) is 5.03. The molecule has 2 N–H and O–H groups in total. The molecule has 0 saturated carbocycles. The maximum atomic E-state index is 11.8. The molecule has 6 heteroatoms. The third-order valence-corrected chi connectivity index (χ3v) is 2.85. The normalized spacial score (nSPS) is 12.9. The zero-order valence-electron chi connectivity index (χ0n) is 12.3. The van der Waals surface area contributed by atoms with E-state index in [1.54, 1.807) is 18.2 Å². The van der Waals surface area contributed by atoms with Gasteiger partial charge in [0.25, 0.3) is 0 Å². The van der Waals surface area contributed by atoms with Crippen LogP contribution in [0, 0.1) is 5.92 Å². The first kappa shape index (κ1) is 15.2. The molecule has 0 unspecified atom stereocenters. The molecule has 1 aromatic rings. The zero-order chi connectivity index (χ0) is 15.2. The summed E-state index contributed by atoms with van der Waals surface area (Å²) in [5, 5.41) is 5.38. The van der Waals surface area contributed by atoms with Crippen molar-refractivity contribution in [3.05, 3.63) is 18.2 Å². The summed E-state index contributed by atoms with van der Waals surface area (Å²) < 4.78 is 10.8. The van der Waals surface area contributed by atoms with Gasteiger partial charge in [0.05, 0.1) is 0 Å². The first-order valence-electron chi connectivity index (χ1n) is 7.01. The highest BCUT2D eigenvalue weighted by atomic mass is 16.6. The first-order chi connectivity index (χ1) is 10.0. The summed E-state index contributed by atoms with van der Waals surface area (Å²) >= 11 is 0. The molecule has 1 aromatic carbocycles. The van der Waals surface area contributed by atoms with Crippen LogP contribution >= 0.6 is 0 Å². The van der Waals surface area contributed by atoms with Crippen molar-refractivity contribution in [2.75, 3.05) is 25.1 Å². The molecule has 21 heavy (non-hydrogen) atoms. The molecule has 0 aliphatic carbocycles. The Bertz CT molecular complexity index is 528. The van der Waals surface area contributed by atoms with Crippen molar-refractivity contribution >= 4 is 17.5 Å². The summed E-state index contributed by atoms with van der Waals surface area (Å²) in [7, 11) is 0. The summed E-state index contributed by atoms with van der Waals surface area (Å²) in [5.41, 5.74) is 0.584. The maximum absolute atomic E-state index is 11.8. The van der Waals surface area contributed by atoms with Crippen LogP contribution in [0.4, 0.5) is 5.69 Å². The van der Waals surface area contributed by atoms with Gasteiger partial charge in [0.2, 0.25) is 11.8 Å². The second-order valence-electron chi connectivity index (χ2n) is 5.28. The Hall–Kier alpha value is -2.24. The van der Waals surface area contributed by atoms with Gasteiger partial charge >= 0.3 is 0 Å². The van der Waals surface area contributed by atoms with E-state index < -0.39 is 0 Å². The molecule has 1 heterocycles. The molecule has 0 radical (unpaired) electrons. The van der Waals surface area contributed by atoms with Gasteiger partial charge in [-0.2, -0.15) is 0 Å². The number of carbonyl (C=O) groups is 2. The number of anilines is 1. The van der Waals surface area contributed by atoms with Gasteiger partial charge in [0, 0.05) is 18.3 Å². The minimum absolute atomic E-state index is 0.193. The number of benzene rings is 1. The summed E-state index contributed by atoms with van der Waals surface area (Å²) in [6, 6.07) is 5.15. The van der Waals surface area contributed by atoms with Gasteiger partial charge < -0.3 is 20.1 Å². The van der Waals surface area contributed by atoms with E-state index in [1.165, 1.54) is 0 Å². The van der Waals surface area contributed by atoms with E-state index in [9.17, 15) is 9.59 Å². The molecule has 1 aliphatic heterocycles. The lowest BCUT2D eigenvalue weighted by Gasteiger charge is -2.19. The van der Waals surface area contributed by atoms with E-state index in [2.05, 4.69) is 10.6 Å². The number of hydrogen-bond acceptors (Lipinski definition) is 4. The Morgan fingerprint density at radius 3 is 2.57 bits per heavy atom. The van der Waals surface area contributed by atoms with Crippen LogP contribution in [-0.4, -0.2) is 31.6 Å². The lowest BCUT2D eigenvalue weighted by Crippen LogP contribution is -2.30. The van der Waals surface area contributed by atoms with Gasteiger partial charge in [-0.25, -0.2) is 0 Å². The molecule has 0 saturated heterocycles. The molecule has 0 atom stereocenters. The van der Waals surface area contributed by atoms with Crippen LogP contribution in [0.15, 0.2) is 18.2 Å². The summed E-state index contributed by atoms with van der Waals surface area (Å²) in [5.74, 6) is 0.985. The second kappa shape index (κ2) is 6.97. The minimum Gasteiger partial charge on any atom is -0.486 e. The molecular formula is C15H20N2O4. The van der Waals surface area contributed by atoms with E-state index in [-0.39, 0.29) is 18.2 Å². The number of hydrogen-bond donors (Lipinski definition) is 2. The second-order valence-corrected chi connectivity index (χ2v) is 5.28. The quantitative estimate of drug-likeness (QED) is 0.807. The van der Waals surface area contributed by atoms with Gasteiger partial charge in [0.15, 0.2) is 11.5 Å². The fourth-order valence-corrected chi connectivity index (χ4v) is 1.85. The van der Waals surface area contributed by atoms with Gasteiger partial charge in [-0.1, -0.05) is 13.8 Å². The molecule has 0 spiro atoms. The van der Waals surface area contributed by atoms with E-state index in [4.69, 9.17) is 9.47 Å². The van der Waals surface area contributed by atoms with Crippen molar-refractivity contribution in [3.8, 4) is 11.5 Å². The molecule has 114 valence electrons. The summed E-state index contributed by atoms with van der Waals surface area (Å²) in [4.78, 5) is 23.4. The number of amides is 2. The first-order valence-corrected chi connectivity index (χ1v) is 7.01. The molecule has 0 aromatic heterocycles. The Balaban J connectivity index is 1.86. The molecule has 0 bridgehead atoms. The van der Waals surface area contributed by atoms with Crippen molar-refractivity contribution in [1.29, 1.82) is 0 Å². The van der Waals surface area contributed by atoms with E-state index >= 15 is 0 Å². The third-order valence-electron chi connectivity index (χ3n) is 2.85. The van der Waals surface area contributed by atoms with Gasteiger partial charge in [-0.3, -0.25) is 9.59 Å². The van der Waals surface area contributed by atoms with Crippen molar-refractivity contribution in [1.82, 2.24) is 5.32 Å². The summed E-state index contributed by atoms with van der Waals surface area (Å²) in [6.45, 7) is 5.57. The van der Waals surface area contributed by atoms with Crippen LogP contribution < -0.4 is 20.1 Å². The molecule has 2 amide bonds. The van der Waals surface area contributed by atoms with E-state index in [0.717, 1.165) is 0 Å². The van der Waals surface area contributed by atoms with Crippen LogP contribution in [0.3, 0.4) is 0 Å². The zero-order valence-corrected chi connectivity index (χ0v) is 12.3. The van der Waals surface area contributed by atoms with Crippen LogP contribution in [0.1, 0.15) is 20.3 Å². The largest absolute Gasteiger partial charge is 0.486 e. The minimum atomic E-state index is -0.354. The highest BCUT2D eigenvalue weighted by molar-refractivity contribution is 6.03. The average molecular weight is 292 g/mol. The van der Waals surface area contributed by atoms with Crippen molar-refractivity contribution in [2.24, 2.45) is 5.92 Å². The van der Waals surface area contributed by atoms with Crippen LogP contribution in [0.5, 0.6) is 11.5 Å². The van der Waals surface area contributed by atoms with Gasteiger partial charge in [-0.05, 0) is 18.1 Å². The standard InChI is InChI=1S/C15H20N2O4/c1-10(2)9-16-14(18)8-15(19)17-11-3-4-12-13(7-11)21-6-5-20-12/h3-4,7,10H,5-6,8-9H2,1-2H3,(H,16,18)(H,17,19). The maximum Gasteiger partial charge on any atom is 0.233 e. The number of carbonyl (C=O) groups excluding carboxylic acids is 2. The fraction of sp³-hybridized carbons (Fsp3) is 0.467. The van der Waals surface area contributed by atoms with Crippen LogP contribution in [-0.2, 0) is 9.59 Å². The van der Waals surface area contributed by atoms with Crippen LogP contribution in [0.25, 0.3) is 0 Å². The van der Waals surface area contributed by atoms with Crippen LogP contribution in [0.2, 0.25) is 0 Å². The highest BCUT2D eigenvalue weighted by Gasteiger charge is 2.14. The number of rotatable bonds is 5. The summed E-state index contributed by atoms with van der Waals surface area (Å²) in [6.07, 6.45) is -0.193. The molecule has 1 aliphatic rings. The third kappa shape index (κ3) is 4.66. The Morgan fingerprint density at radius 1 is 1.14 bits per heavy atom. The van der Waals surface area contributed by atoms with Crippen molar-refractivity contribution in [3.63, 3.8) is 0 Å². The van der Waals surface area contributed by atoms with E-state index in [0.29, 0.717) is 42.9 Å². The van der Waals surface area contributed by atoms with Crippen molar-refractivity contribution < 1.29 is 19.1 Å². The number of fused-ring (bicyclic) bond motifs is 1. The number of ether oxygens (including phenoxy) is 2.